The van der Waals surface area contributed by atoms with Crippen molar-refractivity contribution < 1.29 is 14.3 Å². The zero-order chi connectivity index (χ0) is 17.9. The lowest BCUT2D eigenvalue weighted by Crippen LogP contribution is -2.36. The molecule has 1 fully saturated rings. The Hall–Kier alpha value is -1.64. The Balaban J connectivity index is 2.38. The number of carbonyl (C=O) groups excluding carboxylic acids is 2. The molecule has 3 heteroatoms. The van der Waals surface area contributed by atoms with E-state index in [-0.39, 0.29) is 23.8 Å². The van der Waals surface area contributed by atoms with Crippen LogP contribution in [-0.2, 0) is 9.53 Å². The van der Waals surface area contributed by atoms with Crippen LogP contribution in [0.25, 0.3) is 0 Å². The average Bonchev–Trinajstić information content (AvgIpc) is 2.46. The molecule has 3 nitrogen and oxygen atoms in total. The Kier molecular flexibility index (Phi) is 6.20. The first-order valence-electron chi connectivity index (χ1n) is 9.13. The molecule has 1 aromatic rings. The van der Waals surface area contributed by atoms with Gasteiger partial charge in [0.1, 0.15) is 5.92 Å². The molecule has 1 aliphatic carbocycles. The number of Topliss-reactive ketones (excluding diaryl/α,β-unsaturated/α-hetero) is 1. The first-order chi connectivity index (χ1) is 11.3. The van der Waals surface area contributed by atoms with E-state index in [1.165, 1.54) is 6.42 Å². The van der Waals surface area contributed by atoms with Gasteiger partial charge in [-0.25, -0.2) is 0 Å². The second-order valence-electron chi connectivity index (χ2n) is 7.50. The van der Waals surface area contributed by atoms with Crippen LogP contribution in [0.2, 0.25) is 0 Å². The fourth-order valence-corrected chi connectivity index (χ4v) is 4.01. The topological polar surface area (TPSA) is 43.4 Å². The van der Waals surface area contributed by atoms with Crippen molar-refractivity contribution in [2.75, 3.05) is 0 Å². The van der Waals surface area contributed by atoms with Gasteiger partial charge in [0, 0.05) is 5.56 Å². The van der Waals surface area contributed by atoms with E-state index in [9.17, 15) is 9.59 Å². The summed E-state index contributed by atoms with van der Waals surface area (Å²) in [5.41, 5.74) is 3.75. The first-order valence-corrected chi connectivity index (χ1v) is 9.13. The van der Waals surface area contributed by atoms with E-state index in [1.807, 2.05) is 46.8 Å². The number of benzene rings is 1. The van der Waals surface area contributed by atoms with Crippen molar-refractivity contribution >= 4 is 11.8 Å². The second-order valence-corrected chi connectivity index (χ2v) is 7.50. The summed E-state index contributed by atoms with van der Waals surface area (Å²) >= 11 is 0. The van der Waals surface area contributed by atoms with Crippen LogP contribution >= 0.6 is 0 Å². The molecule has 1 unspecified atom stereocenters. The number of esters is 1. The molecule has 1 saturated carbocycles. The lowest BCUT2D eigenvalue weighted by molar-refractivity contribution is -0.152. The van der Waals surface area contributed by atoms with Crippen LogP contribution in [0.4, 0.5) is 0 Å². The number of aryl methyl sites for hydroxylation is 3. The number of carbonyl (C=O) groups is 2. The summed E-state index contributed by atoms with van der Waals surface area (Å²) in [6.45, 7) is 9.61. The highest BCUT2D eigenvalue weighted by atomic mass is 16.5. The maximum atomic E-state index is 13.3. The quantitative estimate of drug-likeness (QED) is 0.436. The van der Waals surface area contributed by atoms with Gasteiger partial charge in [0.15, 0.2) is 5.78 Å². The minimum absolute atomic E-state index is 0.0532. The third-order valence-corrected chi connectivity index (χ3v) is 4.93. The normalized spacial score (nSPS) is 16.9. The van der Waals surface area contributed by atoms with Gasteiger partial charge >= 0.3 is 5.97 Å². The minimum atomic E-state index is -0.659. The van der Waals surface area contributed by atoms with Gasteiger partial charge in [-0.1, -0.05) is 37.0 Å². The number of hydrogen-bond donors (Lipinski definition) is 0. The van der Waals surface area contributed by atoms with Gasteiger partial charge in [-0.15, -0.1) is 0 Å². The molecular formula is C21H30O3. The van der Waals surface area contributed by atoms with Gasteiger partial charge in [0.25, 0.3) is 0 Å². The van der Waals surface area contributed by atoms with Gasteiger partial charge in [-0.2, -0.15) is 0 Å². The molecule has 0 saturated heterocycles. The predicted molar refractivity (Wildman–Crippen MR) is 96.3 cm³/mol. The highest BCUT2D eigenvalue weighted by Crippen LogP contribution is 2.34. The Morgan fingerprint density at radius 1 is 1.00 bits per heavy atom. The predicted octanol–water partition coefficient (Wildman–Crippen LogP) is 4.94. The van der Waals surface area contributed by atoms with Crippen LogP contribution in [0.5, 0.6) is 0 Å². The highest BCUT2D eigenvalue weighted by Gasteiger charge is 2.38. The lowest BCUT2D eigenvalue weighted by atomic mass is 9.75. The summed E-state index contributed by atoms with van der Waals surface area (Å²) < 4.78 is 5.45. The van der Waals surface area contributed by atoms with Crippen LogP contribution < -0.4 is 0 Å². The lowest BCUT2D eigenvalue weighted by Gasteiger charge is -2.29. The van der Waals surface area contributed by atoms with Crippen molar-refractivity contribution in [3.8, 4) is 0 Å². The van der Waals surface area contributed by atoms with Crippen molar-refractivity contribution in [3.05, 3.63) is 34.4 Å². The van der Waals surface area contributed by atoms with E-state index in [2.05, 4.69) is 0 Å². The molecule has 0 spiro atoms. The van der Waals surface area contributed by atoms with Crippen LogP contribution in [0.1, 0.15) is 73.0 Å². The first kappa shape index (κ1) is 18.7. The smallest absolute Gasteiger partial charge is 0.317 e. The summed E-state index contributed by atoms with van der Waals surface area (Å²) in [6.07, 6.45) is 5.06. The summed E-state index contributed by atoms with van der Waals surface area (Å²) in [5, 5.41) is 0. The molecule has 0 amide bonds. The van der Waals surface area contributed by atoms with E-state index in [0.717, 1.165) is 42.4 Å². The molecule has 24 heavy (non-hydrogen) atoms. The fourth-order valence-electron chi connectivity index (χ4n) is 4.01. The maximum Gasteiger partial charge on any atom is 0.317 e. The standard InChI is InChI=1S/C21H30O3/c1-13(2)24-21(23)19(17-9-7-6-8-10-17)20(22)18-15(4)11-14(3)12-16(18)5/h11-13,17,19H,6-10H2,1-5H3. The van der Waals surface area contributed by atoms with Gasteiger partial charge in [-0.05, 0) is 64.5 Å². The van der Waals surface area contributed by atoms with Crippen molar-refractivity contribution in [1.29, 1.82) is 0 Å². The molecular weight excluding hydrogens is 300 g/mol. The Bertz CT molecular complexity index is 587. The monoisotopic (exact) mass is 330 g/mol. The fraction of sp³-hybridized carbons (Fsp3) is 0.619. The van der Waals surface area contributed by atoms with Crippen molar-refractivity contribution in [3.63, 3.8) is 0 Å². The van der Waals surface area contributed by atoms with Gasteiger partial charge in [0.05, 0.1) is 6.10 Å². The Morgan fingerprint density at radius 2 is 1.54 bits per heavy atom. The molecule has 0 aromatic heterocycles. The minimum Gasteiger partial charge on any atom is -0.462 e. The van der Waals surface area contributed by atoms with E-state index in [1.54, 1.807) is 0 Å². The zero-order valence-corrected chi connectivity index (χ0v) is 15.6. The Morgan fingerprint density at radius 3 is 2.04 bits per heavy atom. The van der Waals surface area contributed by atoms with E-state index < -0.39 is 5.92 Å². The molecule has 2 rings (SSSR count). The summed E-state index contributed by atoms with van der Waals surface area (Å²) in [5.74, 6) is -0.950. The third kappa shape index (κ3) is 4.25. The van der Waals surface area contributed by atoms with E-state index >= 15 is 0 Å². The summed E-state index contributed by atoms with van der Waals surface area (Å²) in [7, 11) is 0. The SMILES string of the molecule is Cc1cc(C)c(C(=O)C(C(=O)OC(C)C)C2CCCCC2)c(C)c1. The number of ether oxygens (including phenoxy) is 1. The van der Waals surface area contributed by atoms with Crippen LogP contribution in [-0.4, -0.2) is 17.9 Å². The summed E-state index contributed by atoms with van der Waals surface area (Å²) in [6, 6.07) is 4.04. The molecule has 132 valence electrons. The van der Waals surface area contributed by atoms with Crippen molar-refractivity contribution in [2.24, 2.45) is 11.8 Å². The zero-order valence-electron chi connectivity index (χ0n) is 15.6. The van der Waals surface area contributed by atoms with Gasteiger partial charge < -0.3 is 4.74 Å². The number of ketones is 1. The average molecular weight is 330 g/mol. The highest BCUT2D eigenvalue weighted by molar-refractivity contribution is 6.10. The van der Waals surface area contributed by atoms with E-state index in [4.69, 9.17) is 4.74 Å². The van der Waals surface area contributed by atoms with Crippen LogP contribution in [0, 0.1) is 32.6 Å². The molecule has 0 radical (unpaired) electrons. The van der Waals surface area contributed by atoms with Crippen LogP contribution in [0.15, 0.2) is 12.1 Å². The van der Waals surface area contributed by atoms with Gasteiger partial charge in [-0.3, -0.25) is 9.59 Å². The van der Waals surface area contributed by atoms with Crippen LogP contribution in [0.3, 0.4) is 0 Å². The molecule has 0 bridgehead atoms. The van der Waals surface area contributed by atoms with Crippen molar-refractivity contribution in [2.45, 2.75) is 72.8 Å². The second kappa shape index (κ2) is 7.96. The largest absolute Gasteiger partial charge is 0.462 e. The number of rotatable bonds is 5. The molecule has 1 atom stereocenters. The maximum absolute atomic E-state index is 13.3. The molecule has 1 aromatic carbocycles. The molecule has 0 N–H and O–H groups in total. The summed E-state index contributed by atoms with van der Waals surface area (Å²) in [4.78, 5) is 26.0. The van der Waals surface area contributed by atoms with E-state index in [0.29, 0.717) is 5.56 Å². The molecule has 0 heterocycles. The third-order valence-electron chi connectivity index (χ3n) is 4.93. The van der Waals surface area contributed by atoms with Crippen molar-refractivity contribution in [1.82, 2.24) is 0 Å². The molecule has 1 aliphatic rings. The molecule has 0 aliphatic heterocycles. The van der Waals surface area contributed by atoms with Gasteiger partial charge in [0.2, 0.25) is 0 Å². The number of hydrogen-bond acceptors (Lipinski definition) is 3. The Labute approximate surface area is 145 Å².